The maximum absolute atomic E-state index is 12.8. The van der Waals surface area contributed by atoms with Crippen LogP contribution in [0.5, 0.6) is 0 Å². The Kier molecular flexibility index (Phi) is 4.61. The maximum atomic E-state index is 12.8. The number of nitrogen functional groups attached to an aromatic ring is 1. The van der Waals surface area contributed by atoms with Gasteiger partial charge >= 0.3 is 0 Å². The van der Waals surface area contributed by atoms with Crippen LogP contribution in [0.3, 0.4) is 0 Å². The molecule has 3 aromatic rings. The second kappa shape index (κ2) is 6.94. The first kappa shape index (κ1) is 17.9. The van der Waals surface area contributed by atoms with Crippen LogP contribution in [0.1, 0.15) is 40.3 Å². The van der Waals surface area contributed by atoms with E-state index < -0.39 is 0 Å². The molecule has 3 heterocycles. The summed E-state index contributed by atoms with van der Waals surface area (Å²) >= 11 is 1.37. The van der Waals surface area contributed by atoms with Crippen molar-refractivity contribution in [2.24, 2.45) is 0 Å². The number of thiophene rings is 1. The quantitative estimate of drug-likeness (QED) is 0.714. The third-order valence-electron chi connectivity index (χ3n) is 5.11. The molecule has 6 heteroatoms. The van der Waals surface area contributed by atoms with Crippen molar-refractivity contribution < 1.29 is 4.79 Å². The molecule has 1 aliphatic rings. The Morgan fingerprint density at radius 1 is 1.33 bits per heavy atom. The third kappa shape index (κ3) is 3.42. The molecule has 0 atom stereocenters. The number of hydrogen-bond donors (Lipinski definition) is 2. The van der Waals surface area contributed by atoms with E-state index in [0.717, 1.165) is 46.7 Å². The highest BCUT2D eigenvalue weighted by Gasteiger charge is 2.23. The number of nitrogens with zero attached hydrogens (tertiary/aromatic N) is 2. The molecular weight excluding hydrogens is 356 g/mol. The number of aromatic nitrogens is 1. The Hall–Kier alpha value is -2.44. The zero-order valence-electron chi connectivity index (χ0n) is 15.9. The molecule has 0 bridgehead atoms. The number of amides is 1. The number of hydrogen-bond acceptors (Lipinski definition) is 5. The van der Waals surface area contributed by atoms with Crippen LogP contribution in [0, 0.1) is 6.92 Å². The zero-order chi connectivity index (χ0) is 19.1. The normalized spacial score (nSPS) is 14.5. The van der Waals surface area contributed by atoms with E-state index in [1.54, 1.807) is 0 Å². The van der Waals surface area contributed by atoms with E-state index >= 15 is 0 Å². The number of anilines is 2. The molecule has 1 aliphatic heterocycles. The molecule has 1 amide bonds. The molecule has 27 heavy (non-hydrogen) atoms. The average molecular weight is 381 g/mol. The molecular formula is C21H24N4OS. The van der Waals surface area contributed by atoms with Gasteiger partial charge in [0.1, 0.15) is 9.71 Å². The predicted octanol–water partition coefficient (Wildman–Crippen LogP) is 4.21. The first-order valence-electron chi connectivity index (χ1n) is 9.25. The minimum atomic E-state index is -0.178. The lowest BCUT2D eigenvalue weighted by Crippen LogP contribution is -2.36. The minimum Gasteiger partial charge on any atom is -0.397 e. The Labute approximate surface area is 163 Å². The van der Waals surface area contributed by atoms with E-state index in [0.29, 0.717) is 16.6 Å². The highest BCUT2D eigenvalue weighted by molar-refractivity contribution is 7.21. The van der Waals surface area contributed by atoms with Gasteiger partial charge in [-0.2, -0.15) is 0 Å². The number of nitrogens with two attached hydrogens (primary N) is 1. The van der Waals surface area contributed by atoms with Crippen LogP contribution in [0.25, 0.3) is 10.2 Å². The summed E-state index contributed by atoms with van der Waals surface area (Å²) in [6.07, 6.45) is 0.937. The number of rotatable bonds is 3. The van der Waals surface area contributed by atoms with Gasteiger partial charge in [-0.3, -0.25) is 9.69 Å². The van der Waals surface area contributed by atoms with Crippen molar-refractivity contribution in [3.05, 3.63) is 52.0 Å². The third-order valence-corrected chi connectivity index (χ3v) is 6.23. The van der Waals surface area contributed by atoms with Crippen molar-refractivity contribution in [1.29, 1.82) is 0 Å². The Morgan fingerprint density at radius 2 is 2.15 bits per heavy atom. The number of benzene rings is 1. The first-order valence-corrected chi connectivity index (χ1v) is 10.1. The van der Waals surface area contributed by atoms with Gasteiger partial charge in [-0.1, -0.05) is 12.1 Å². The lowest BCUT2D eigenvalue weighted by atomic mass is 10.0. The van der Waals surface area contributed by atoms with Gasteiger partial charge in [-0.25, -0.2) is 4.98 Å². The fourth-order valence-electron chi connectivity index (χ4n) is 3.54. The maximum Gasteiger partial charge on any atom is 0.267 e. The molecule has 3 N–H and O–H groups in total. The summed E-state index contributed by atoms with van der Waals surface area (Å²) in [6.45, 7) is 8.33. The summed E-state index contributed by atoms with van der Waals surface area (Å²) < 4.78 is 0. The molecule has 4 rings (SSSR count). The fourth-order valence-corrected chi connectivity index (χ4v) is 4.53. The summed E-state index contributed by atoms with van der Waals surface area (Å²) in [7, 11) is 0. The minimum absolute atomic E-state index is 0.178. The van der Waals surface area contributed by atoms with E-state index in [-0.39, 0.29) is 5.91 Å². The molecule has 0 unspecified atom stereocenters. The zero-order valence-corrected chi connectivity index (χ0v) is 16.7. The molecule has 0 saturated heterocycles. The van der Waals surface area contributed by atoms with Gasteiger partial charge in [0.25, 0.3) is 5.91 Å². The van der Waals surface area contributed by atoms with E-state index in [9.17, 15) is 4.79 Å². The SMILES string of the molecule is Cc1cccc(NC(=O)c2sc3nc4c(cc3c2N)CN(C(C)C)CC4)c1. The highest BCUT2D eigenvalue weighted by Crippen LogP contribution is 2.35. The summed E-state index contributed by atoms with van der Waals surface area (Å²) in [6, 6.07) is 10.4. The fraction of sp³-hybridized carbons (Fsp3) is 0.333. The molecule has 2 aromatic heterocycles. The molecule has 1 aromatic carbocycles. The van der Waals surface area contributed by atoms with Gasteiger partial charge in [0, 0.05) is 42.3 Å². The monoisotopic (exact) mass is 380 g/mol. The molecule has 0 saturated carbocycles. The van der Waals surface area contributed by atoms with E-state index in [1.807, 2.05) is 31.2 Å². The second-order valence-electron chi connectivity index (χ2n) is 7.43. The number of nitrogens with one attached hydrogen (secondary N) is 1. The van der Waals surface area contributed by atoms with Crippen LogP contribution < -0.4 is 11.1 Å². The molecule has 0 spiro atoms. The topological polar surface area (TPSA) is 71.2 Å². The van der Waals surface area contributed by atoms with Crippen molar-refractivity contribution in [2.75, 3.05) is 17.6 Å². The van der Waals surface area contributed by atoms with Gasteiger partial charge in [0.05, 0.1) is 5.69 Å². The van der Waals surface area contributed by atoms with Crippen molar-refractivity contribution in [2.45, 2.75) is 39.8 Å². The summed E-state index contributed by atoms with van der Waals surface area (Å²) in [5.41, 5.74) is 11.1. The van der Waals surface area contributed by atoms with Crippen LogP contribution >= 0.6 is 11.3 Å². The van der Waals surface area contributed by atoms with E-state index in [1.165, 1.54) is 16.9 Å². The van der Waals surface area contributed by atoms with Crippen molar-refractivity contribution in [1.82, 2.24) is 9.88 Å². The van der Waals surface area contributed by atoms with Crippen molar-refractivity contribution in [3.8, 4) is 0 Å². The number of fused-ring (bicyclic) bond motifs is 2. The van der Waals surface area contributed by atoms with Crippen LogP contribution in [0.2, 0.25) is 0 Å². The number of pyridine rings is 1. The Balaban J connectivity index is 1.67. The summed E-state index contributed by atoms with van der Waals surface area (Å²) in [4.78, 5) is 21.4. The van der Waals surface area contributed by atoms with E-state index in [2.05, 4.69) is 30.1 Å². The molecule has 5 nitrogen and oxygen atoms in total. The largest absolute Gasteiger partial charge is 0.397 e. The Morgan fingerprint density at radius 3 is 2.89 bits per heavy atom. The van der Waals surface area contributed by atoms with Gasteiger partial charge in [0.2, 0.25) is 0 Å². The summed E-state index contributed by atoms with van der Waals surface area (Å²) in [5, 5.41) is 3.84. The molecule has 0 aliphatic carbocycles. The van der Waals surface area contributed by atoms with E-state index in [4.69, 9.17) is 10.7 Å². The second-order valence-corrected chi connectivity index (χ2v) is 8.43. The van der Waals surface area contributed by atoms with Crippen LogP contribution in [-0.2, 0) is 13.0 Å². The molecule has 0 fully saturated rings. The van der Waals surface area contributed by atoms with Crippen molar-refractivity contribution >= 4 is 38.8 Å². The summed E-state index contributed by atoms with van der Waals surface area (Å²) in [5.74, 6) is -0.178. The molecule has 0 radical (unpaired) electrons. The first-order chi connectivity index (χ1) is 12.9. The number of carbonyl (C=O) groups excluding carboxylic acids is 1. The number of carbonyl (C=O) groups is 1. The van der Waals surface area contributed by atoms with Gasteiger partial charge in [0.15, 0.2) is 0 Å². The van der Waals surface area contributed by atoms with Crippen LogP contribution in [-0.4, -0.2) is 28.4 Å². The highest BCUT2D eigenvalue weighted by atomic mass is 32.1. The average Bonchev–Trinajstić information content (AvgIpc) is 2.95. The Bertz CT molecular complexity index is 1020. The van der Waals surface area contributed by atoms with Crippen molar-refractivity contribution in [3.63, 3.8) is 0 Å². The van der Waals surface area contributed by atoms with Crippen LogP contribution in [0.15, 0.2) is 30.3 Å². The standard InChI is InChI=1S/C21H24N4OS/c1-12(2)25-8-7-17-14(11-25)10-16-18(22)19(27-21(16)24-17)20(26)23-15-6-4-5-13(3)9-15/h4-6,9-10,12H,7-8,11,22H2,1-3H3,(H,23,26). The molecule has 140 valence electrons. The van der Waals surface area contributed by atoms with Gasteiger partial charge in [-0.05, 0) is 50.1 Å². The lowest BCUT2D eigenvalue weighted by Gasteiger charge is -2.31. The smallest absolute Gasteiger partial charge is 0.267 e. The number of aryl methyl sites for hydroxylation is 1. The predicted molar refractivity (Wildman–Crippen MR) is 112 cm³/mol. The lowest BCUT2D eigenvalue weighted by molar-refractivity contribution is 0.103. The van der Waals surface area contributed by atoms with Gasteiger partial charge in [-0.15, -0.1) is 11.3 Å². The van der Waals surface area contributed by atoms with Gasteiger partial charge < -0.3 is 11.1 Å². The van der Waals surface area contributed by atoms with Crippen LogP contribution in [0.4, 0.5) is 11.4 Å².